The van der Waals surface area contributed by atoms with Crippen molar-refractivity contribution in [1.29, 1.82) is 0 Å². The topological polar surface area (TPSA) is 108 Å². The van der Waals surface area contributed by atoms with E-state index < -0.39 is 0 Å². The second-order valence-electron chi connectivity index (χ2n) is 12.2. The Balaban J connectivity index is 1.23. The van der Waals surface area contributed by atoms with E-state index in [2.05, 4.69) is 60.5 Å². The van der Waals surface area contributed by atoms with Crippen molar-refractivity contribution in [3.8, 4) is 0 Å². The highest BCUT2D eigenvalue weighted by molar-refractivity contribution is 7.14. The van der Waals surface area contributed by atoms with Crippen LogP contribution in [0.1, 0.15) is 78.8 Å². The highest BCUT2D eigenvalue weighted by Crippen LogP contribution is 2.31. The van der Waals surface area contributed by atoms with Crippen LogP contribution in [0, 0.1) is 5.41 Å². The molecule has 2 aliphatic heterocycles. The summed E-state index contributed by atoms with van der Waals surface area (Å²) in [6.07, 6.45) is 1.83. The Morgan fingerprint density at radius 3 is 2.61 bits per heavy atom. The number of benzene rings is 1. The number of anilines is 1. The van der Waals surface area contributed by atoms with Gasteiger partial charge in [0.25, 0.3) is 17.7 Å². The molecule has 3 N–H and O–H groups in total. The summed E-state index contributed by atoms with van der Waals surface area (Å²) in [6, 6.07) is 7.38. The summed E-state index contributed by atoms with van der Waals surface area (Å²) in [7, 11) is 0. The minimum absolute atomic E-state index is 0.115. The van der Waals surface area contributed by atoms with Crippen LogP contribution >= 0.6 is 11.3 Å². The predicted molar refractivity (Wildman–Crippen MR) is 150 cm³/mol. The number of nitrogens with zero attached hydrogens (tertiary/aromatic N) is 3. The summed E-state index contributed by atoms with van der Waals surface area (Å²) < 4.78 is 2.00. The monoisotopic (exact) mass is 536 g/mol. The van der Waals surface area contributed by atoms with Crippen LogP contribution in [0.4, 0.5) is 5.13 Å². The van der Waals surface area contributed by atoms with Crippen LogP contribution in [0.15, 0.2) is 29.6 Å². The van der Waals surface area contributed by atoms with Crippen molar-refractivity contribution in [1.82, 2.24) is 25.1 Å². The standard InChI is InChI=1S/C28H36N6O3S/c1-27(2,3)16-33-10-8-19(9-11-33)30-24(36)20-14-38-26(31-20)32-23(35)18-7-6-17-12-22-25(37)29-15-28(4,5)34(22)21(17)13-18/h6-7,12-14,19H,8-11,15-16H2,1-5H3,(H,29,37)(H,30,36)(H,31,32,35). The van der Waals surface area contributed by atoms with E-state index in [-0.39, 0.29) is 34.7 Å². The average Bonchev–Trinajstić information content (AvgIpc) is 3.47. The van der Waals surface area contributed by atoms with Crippen molar-refractivity contribution in [3.63, 3.8) is 0 Å². The maximum absolute atomic E-state index is 13.1. The summed E-state index contributed by atoms with van der Waals surface area (Å²) in [5, 5.41) is 11.8. The van der Waals surface area contributed by atoms with Crippen LogP contribution in [-0.4, -0.2) is 64.4 Å². The molecule has 1 fully saturated rings. The van der Waals surface area contributed by atoms with Crippen LogP contribution in [0.2, 0.25) is 0 Å². The van der Waals surface area contributed by atoms with Gasteiger partial charge in [0.15, 0.2) is 5.13 Å². The van der Waals surface area contributed by atoms with Gasteiger partial charge in [-0.05, 0) is 50.3 Å². The largest absolute Gasteiger partial charge is 0.348 e. The van der Waals surface area contributed by atoms with Crippen LogP contribution < -0.4 is 16.0 Å². The van der Waals surface area contributed by atoms with Gasteiger partial charge in [-0.1, -0.05) is 26.8 Å². The molecule has 3 amide bonds. The second kappa shape index (κ2) is 9.81. The third-order valence-electron chi connectivity index (χ3n) is 7.16. The first-order valence-corrected chi connectivity index (χ1v) is 14.0. The van der Waals surface area contributed by atoms with Gasteiger partial charge in [-0.15, -0.1) is 11.3 Å². The number of rotatable bonds is 5. The smallest absolute Gasteiger partial charge is 0.271 e. The Labute approximate surface area is 227 Å². The fourth-order valence-corrected chi connectivity index (χ4v) is 6.08. The van der Waals surface area contributed by atoms with Gasteiger partial charge in [0, 0.05) is 54.1 Å². The molecule has 0 spiro atoms. The number of hydrogen-bond acceptors (Lipinski definition) is 6. The molecule has 0 bridgehead atoms. The number of amides is 3. The Morgan fingerprint density at radius 2 is 1.89 bits per heavy atom. The lowest BCUT2D eigenvalue weighted by Crippen LogP contribution is -2.47. The molecule has 2 aromatic heterocycles. The highest BCUT2D eigenvalue weighted by Gasteiger charge is 2.33. The number of carbonyl (C=O) groups excluding carboxylic acids is 3. The first-order valence-electron chi connectivity index (χ1n) is 13.1. The van der Waals surface area contributed by atoms with Crippen LogP contribution in [0.3, 0.4) is 0 Å². The fourth-order valence-electron chi connectivity index (χ4n) is 5.40. The number of piperidine rings is 1. The van der Waals surface area contributed by atoms with E-state index >= 15 is 0 Å². The molecule has 4 heterocycles. The summed E-state index contributed by atoms with van der Waals surface area (Å²) >= 11 is 1.23. The van der Waals surface area contributed by atoms with Gasteiger partial charge in [0.1, 0.15) is 11.4 Å². The molecule has 0 atom stereocenters. The van der Waals surface area contributed by atoms with Crippen LogP contribution in [0.5, 0.6) is 0 Å². The lowest BCUT2D eigenvalue weighted by Gasteiger charge is -2.36. The van der Waals surface area contributed by atoms with Crippen molar-refractivity contribution >= 4 is 45.1 Å². The predicted octanol–water partition coefficient (Wildman–Crippen LogP) is 4.07. The maximum atomic E-state index is 13.1. The van der Waals surface area contributed by atoms with E-state index in [0.29, 0.717) is 28.6 Å². The van der Waals surface area contributed by atoms with E-state index in [1.807, 2.05) is 22.8 Å². The van der Waals surface area contributed by atoms with E-state index in [0.717, 1.165) is 43.4 Å². The lowest BCUT2D eigenvalue weighted by atomic mass is 9.94. The zero-order valence-electron chi connectivity index (χ0n) is 22.7. The Morgan fingerprint density at radius 1 is 1.16 bits per heavy atom. The van der Waals surface area contributed by atoms with Crippen molar-refractivity contribution in [2.45, 2.75) is 59.0 Å². The molecule has 0 radical (unpaired) electrons. The third-order valence-corrected chi connectivity index (χ3v) is 7.92. The molecule has 1 aromatic carbocycles. The molecule has 10 heteroatoms. The number of nitrogens with one attached hydrogen (secondary N) is 3. The fraction of sp³-hybridized carbons (Fsp3) is 0.500. The van der Waals surface area contributed by atoms with Gasteiger partial charge < -0.3 is 20.1 Å². The minimum atomic E-state index is -0.319. The van der Waals surface area contributed by atoms with E-state index in [1.165, 1.54) is 11.3 Å². The van der Waals surface area contributed by atoms with Crippen molar-refractivity contribution in [2.24, 2.45) is 5.41 Å². The number of aromatic nitrogens is 2. The average molecular weight is 537 g/mol. The third kappa shape index (κ3) is 5.47. The highest BCUT2D eigenvalue weighted by atomic mass is 32.1. The zero-order chi connectivity index (χ0) is 27.2. The van der Waals surface area contributed by atoms with Gasteiger partial charge >= 0.3 is 0 Å². The molecule has 0 aliphatic carbocycles. The molecular weight excluding hydrogens is 500 g/mol. The Kier molecular flexibility index (Phi) is 6.81. The zero-order valence-corrected chi connectivity index (χ0v) is 23.5. The number of carbonyl (C=O) groups is 3. The van der Waals surface area contributed by atoms with Crippen molar-refractivity contribution < 1.29 is 14.4 Å². The molecule has 3 aromatic rings. The van der Waals surface area contributed by atoms with Crippen molar-refractivity contribution in [3.05, 3.63) is 46.6 Å². The first kappa shape index (κ1) is 26.4. The number of likely N-dealkylation sites (tertiary alicyclic amines) is 1. The summed E-state index contributed by atoms with van der Waals surface area (Å²) in [5.41, 5.74) is 2.14. The summed E-state index contributed by atoms with van der Waals surface area (Å²) in [6.45, 7) is 14.3. The van der Waals surface area contributed by atoms with Gasteiger partial charge in [0.2, 0.25) is 0 Å². The molecule has 2 aliphatic rings. The number of fused-ring (bicyclic) bond motifs is 3. The molecular formula is C28H36N6O3S. The molecule has 9 nitrogen and oxygen atoms in total. The van der Waals surface area contributed by atoms with Gasteiger partial charge in [-0.3, -0.25) is 19.7 Å². The maximum Gasteiger partial charge on any atom is 0.271 e. The molecule has 202 valence electrons. The SMILES string of the molecule is CC(C)(C)CN1CCC(NC(=O)c2csc(NC(=O)c3ccc4cc5n(c4c3)C(C)(C)CNC5=O)n2)CC1. The lowest BCUT2D eigenvalue weighted by molar-refractivity contribution is 0.0884. The Bertz CT molecular complexity index is 1390. The second-order valence-corrected chi connectivity index (χ2v) is 13.1. The minimum Gasteiger partial charge on any atom is -0.348 e. The van der Waals surface area contributed by atoms with Crippen molar-refractivity contribution in [2.75, 3.05) is 31.5 Å². The number of hydrogen-bond donors (Lipinski definition) is 3. The van der Waals surface area contributed by atoms with E-state index in [1.54, 1.807) is 11.4 Å². The normalized spacial score (nSPS) is 18.2. The molecule has 1 saturated heterocycles. The molecule has 38 heavy (non-hydrogen) atoms. The van der Waals surface area contributed by atoms with E-state index in [9.17, 15) is 14.4 Å². The quantitative estimate of drug-likeness (QED) is 0.456. The van der Waals surface area contributed by atoms with Gasteiger partial charge in [-0.2, -0.15) is 0 Å². The molecule has 0 unspecified atom stereocenters. The van der Waals surface area contributed by atoms with E-state index in [4.69, 9.17) is 0 Å². The Hall–Kier alpha value is -3.24. The van der Waals surface area contributed by atoms with Crippen LogP contribution in [-0.2, 0) is 5.54 Å². The number of thiazole rings is 1. The van der Waals surface area contributed by atoms with Gasteiger partial charge in [0.05, 0.1) is 5.54 Å². The van der Waals surface area contributed by atoms with Crippen LogP contribution in [0.25, 0.3) is 10.9 Å². The summed E-state index contributed by atoms with van der Waals surface area (Å²) in [4.78, 5) is 45.1. The molecule has 5 rings (SSSR count). The first-order chi connectivity index (χ1) is 17.9. The molecule has 0 saturated carbocycles. The van der Waals surface area contributed by atoms with Gasteiger partial charge in [-0.25, -0.2) is 4.98 Å². The summed E-state index contributed by atoms with van der Waals surface area (Å²) in [5.74, 6) is -0.638.